The zero-order valence-corrected chi connectivity index (χ0v) is 8.77. The van der Waals surface area contributed by atoms with Crippen LogP contribution in [0.2, 0.25) is 0 Å². The first kappa shape index (κ1) is 10.2. The number of aromatic nitrogens is 2. The number of nitrogens with one attached hydrogen (secondary N) is 1. The third kappa shape index (κ3) is 2.79. The number of hydrogen-bond acceptors (Lipinski definition) is 4. The highest BCUT2D eigenvalue weighted by Gasteiger charge is 2.18. The van der Waals surface area contributed by atoms with Gasteiger partial charge in [0.1, 0.15) is 6.10 Å². The van der Waals surface area contributed by atoms with Gasteiger partial charge in [0.15, 0.2) is 0 Å². The van der Waals surface area contributed by atoms with Crippen molar-refractivity contribution in [1.29, 1.82) is 0 Å². The summed E-state index contributed by atoms with van der Waals surface area (Å²) in [5.41, 5.74) is -0.173. The van der Waals surface area contributed by atoms with Gasteiger partial charge in [-0.05, 0) is 19.9 Å². The van der Waals surface area contributed by atoms with Gasteiger partial charge in [-0.3, -0.25) is 4.79 Å². The molecule has 5 nitrogen and oxygen atoms in total. The number of hydrogen-bond donors (Lipinski definition) is 1. The van der Waals surface area contributed by atoms with Gasteiger partial charge < -0.3 is 14.6 Å². The number of ether oxygens (including phenoxy) is 1. The normalized spacial score (nSPS) is 19.0. The average Bonchev–Trinajstić information content (AvgIpc) is 2.22. The van der Waals surface area contributed by atoms with Gasteiger partial charge in [-0.1, -0.05) is 0 Å². The van der Waals surface area contributed by atoms with Crippen molar-refractivity contribution in [3.8, 4) is 5.88 Å². The molecular formula is C10H15N3O2. The van der Waals surface area contributed by atoms with Gasteiger partial charge in [-0.15, -0.1) is 0 Å². The lowest BCUT2D eigenvalue weighted by Gasteiger charge is -2.28. The molecule has 1 aliphatic rings. The molecule has 1 aromatic rings. The van der Waals surface area contributed by atoms with Crippen LogP contribution < -0.4 is 10.3 Å². The Morgan fingerprint density at radius 2 is 2.27 bits per heavy atom. The maximum Gasteiger partial charge on any atom is 0.254 e. The number of piperidine rings is 1. The lowest BCUT2D eigenvalue weighted by molar-refractivity contribution is 0.109. The fraction of sp³-hybridized carbons (Fsp3) is 0.600. The lowest BCUT2D eigenvalue weighted by Crippen LogP contribution is -2.35. The van der Waals surface area contributed by atoms with Crippen LogP contribution in [0.5, 0.6) is 5.88 Å². The van der Waals surface area contributed by atoms with Crippen LogP contribution in [0.4, 0.5) is 0 Å². The smallest absolute Gasteiger partial charge is 0.254 e. The Labute approximate surface area is 88.1 Å². The number of nitrogens with zero attached hydrogens (tertiary/aromatic N) is 2. The first-order valence-electron chi connectivity index (χ1n) is 5.14. The Morgan fingerprint density at radius 3 is 2.93 bits per heavy atom. The summed E-state index contributed by atoms with van der Waals surface area (Å²) in [6.45, 7) is 2.07. The maximum absolute atomic E-state index is 11.0. The van der Waals surface area contributed by atoms with Crippen molar-refractivity contribution in [3.05, 3.63) is 22.7 Å². The fourth-order valence-electron chi connectivity index (χ4n) is 1.69. The van der Waals surface area contributed by atoms with E-state index in [-0.39, 0.29) is 11.7 Å². The summed E-state index contributed by atoms with van der Waals surface area (Å²) in [6, 6.07) is 1.39. The van der Waals surface area contributed by atoms with Crippen molar-refractivity contribution in [1.82, 2.24) is 14.9 Å². The zero-order valence-electron chi connectivity index (χ0n) is 8.77. The molecule has 0 aliphatic carbocycles. The predicted molar refractivity (Wildman–Crippen MR) is 56.0 cm³/mol. The SMILES string of the molecule is CN1CCC(Oc2cc(=O)[nH]cn2)CC1. The largest absolute Gasteiger partial charge is 0.474 e. The van der Waals surface area contributed by atoms with E-state index in [0.717, 1.165) is 25.9 Å². The van der Waals surface area contributed by atoms with Gasteiger partial charge >= 0.3 is 0 Å². The first-order valence-corrected chi connectivity index (χ1v) is 5.14. The average molecular weight is 209 g/mol. The van der Waals surface area contributed by atoms with Gasteiger partial charge in [0.25, 0.3) is 5.56 Å². The van der Waals surface area contributed by atoms with E-state index in [2.05, 4.69) is 21.9 Å². The van der Waals surface area contributed by atoms with Gasteiger partial charge in [-0.25, -0.2) is 4.98 Å². The van der Waals surface area contributed by atoms with E-state index >= 15 is 0 Å². The Balaban J connectivity index is 1.94. The first-order chi connectivity index (χ1) is 7.24. The van der Waals surface area contributed by atoms with Crippen LogP contribution in [0.25, 0.3) is 0 Å². The van der Waals surface area contributed by atoms with Crippen LogP contribution in [-0.2, 0) is 0 Å². The second kappa shape index (κ2) is 4.44. The van der Waals surface area contributed by atoms with Gasteiger partial charge in [0, 0.05) is 13.1 Å². The van der Waals surface area contributed by atoms with Crippen LogP contribution >= 0.6 is 0 Å². The third-order valence-electron chi connectivity index (χ3n) is 2.61. The van der Waals surface area contributed by atoms with Gasteiger partial charge in [-0.2, -0.15) is 0 Å². The van der Waals surface area contributed by atoms with E-state index in [1.807, 2.05) is 0 Å². The monoisotopic (exact) mass is 209 g/mol. The van der Waals surface area contributed by atoms with Crippen molar-refractivity contribution >= 4 is 0 Å². The van der Waals surface area contributed by atoms with E-state index in [1.54, 1.807) is 0 Å². The van der Waals surface area contributed by atoms with Gasteiger partial charge in [0.2, 0.25) is 5.88 Å². The minimum Gasteiger partial charge on any atom is -0.474 e. The Morgan fingerprint density at radius 1 is 1.53 bits per heavy atom. The molecular weight excluding hydrogens is 194 g/mol. The van der Waals surface area contributed by atoms with Crippen molar-refractivity contribution in [2.45, 2.75) is 18.9 Å². The van der Waals surface area contributed by atoms with Crippen LogP contribution in [0, 0.1) is 0 Å². The molecule has 15 heavy (non-hydrogen) atoms. The van der Waals surface area contributed by atoms with E-state index < -0.39 is 0 Å². The molecule has 0 amide bonds. The second-order valence-corrected chi connectivity index (χ2v) is 3.87. The van der Waals surface area contributed by atoms with E-state index in [0.29, 0.717) is 5.88 Å². The molecule has 5 heteroatoms. The number of aromatic amines is 1. The molecule has 0 spiro atoms. The summed E-state index contributed by atoms with van der Waals surface area (Å²) in [7, 11) is 2.10. The van der Waals surface area contributed by atoms with E-state index in [9.17, 15) is 4.79 Å². The third-order valence-corrected chi connectivity index (χ3v) is 2.61. The van der Waals surface area contributed by atoms with Crippen molar-refractivity contribution in [2.75, 3.05) is 20.1 Å². The molecule has 1 aromatic heterocycles. The molecule has 0 unspecified atom stereocenters. The Bertz CT molecular complexity index is 369. The summed E-state index contributed by atoms with van der Waals surface area (Å²) >= 11 is 0. The Kier molecular flexibility index (Phi) is 3.01. The van der Waals surface area contributed by atoms with Crippen LogP contribution in [0.1, 0.15) is 12.8 Å². The van der Waals surface area contributed by atoms with Crippen LogP contribution in [0.3, 0.4) is 0 Å². The standard InChI is InChI=1S/C10H15N3O2/c1-13-4-2-8(3-5-13)15-10-6-9(14)11-7-12-10/h6-8H,2-5H2,1H3,(H,11,12,14). The molecule has 1 aliphatic heterocycles. The summed E-state index contributed by atoms with van der Waals surface area (Å²) in [5, 5.41) is 0. The molecule has 1 fully saturated rings. The summed E-state index contributed by atoms with van der Waals surface area (Å²) < 4.78 is 5.63. The molecule has 2 rings (SSSR count). The van der Waals surface area contributed by atoms with Crippen LogP contribution in [0.15, 0.2) is 17.2 Å². The molecule has 82 valence electrons. The van der Waals surface area contributed by atoms with Crippen molar-refractivity contribution in [2.24, 2.45) is 0 Å². The maximum atomic E-state index is 11.0. The predicted octanol–water partition coefficient (Wildman–Crippen LogP) is 0.243. The van der Waals surface area contributed by atoms with Gasteiger partial charge in [0.05, 0.1) is 12.4 Å². The minimum absolute atomic E-state index is 0.173. The van der Waals surface area contributed by atoms with Crippen LogP contribution in [-0.4, -0.2) is 41.1 Å². The highest BCUT2D eigenvalue weighted by atomic mass is 16.5. The lowest BCUT2D eigenvalue weighted by atomic mass is 10.1. The highest BCUT2D eigenvalue weighted by molar-refractivity contribution is 5.05. The number of likely N-dealkylation sites (tertiary alicyclic amines) is 1. The number of H-pyrrole nitrogens is 1. The molecule has 2 heterocycles. The molecule has 0 saturated carbocycles. The summed E-state index contributed by atoms with van der Waals surface area (Å²) in [4.78, 5) is 19.7. The minimum atomic E-state index is -0.173. The molecule has 0 aromatic carbocycles. The molecule has 1 N–H and O–H groups in total. The quantitative estimate of drug-likeness (QED) is 0.758. The van der Waals surface area contributed by atoms with Crippen molar-refractivity contribution in [3.63, 3.8) is 0 Å². The topological polar surface area (TPSA) is 58.2 Å². The fourth-order valence-corrected chi connectivity index (χ4v) is 1.69. The summed E-state index contributed by atoms with van der Waals surface area (Å²) in [5.74, 6) is 0.424. The molecule has 0 atom stereocenters. The second-order valence-electron chi connectivity index (χ2n) is 3.87. The van der Waals surface area contributed by atoms with E-state index in [4.69, 9.17) is 4.74 Å². The van der Waals surface area contributed by atoms with Crippen molar-refractivity contribution < 1.29 is 4.74 Å². The summed E-state index contributed by atoms with van der Waals surface area (Å²) in [6.07, 6.45) is 3.54. The molecule has 0 bridgehead atoms. The zero-order chi connectivity index (χ0) is 10.7. The molecule has 1 saturated heterocycles. The Hall–Kier alpha value is -1.36. The molecule has 0 radical (unpaired) electrons. The van der Waals surface area contributed by atoms with E-state index in [1.165, 1.54) is 12.4 Å². The number of rotatable bonds is 2. The highest BCUT2D eigenvalue weighted by Crippen LogP contribution is 2.14.